The van der Waals surface area contributed by atoms with Gasteiger partial charge in [-0.1, -0.05) is 33.6 Å². The second-order valence-electron chi connectivity index (χ2n) is 5.89. The summed E-state index contributed by atoms with van der Waals surface area (Å²) in [5.41, 5.74) is 0.493. The second-order valence-corrected chi connectivity index (χ2v) is 5.89. The predicted octanol–water partition coefficient (Wildman–Crippen LogP) is 3.61. The van der Waals surface area contributed by atoms with Crippen molar-refractivity contribution in [3.63, 3.8) is 0 Å². The molecule has 1 saturated carbocycles. The molecule has 0 saturated heterocycles. The van der Waals surface area contributed by atoms with E-state index in [1.54, 1.807) is 0 Å². The molecule has 0 spiro atoms. The molecule has 84 valence electrons. The van der Waals surface area contributed by atoms with Gasteiger partial charge in [0.15, 0.2) is 0 Å². The van der Waals surface area contributed by atoms with Crippen molar-refractivity contribution >= 4 is 0 Å². The van der Waals surface area contributed by atoms with Crippen molar-refractivity contribution in [1.82, 2.24) is 0 Å². The minimum Gasteiger partial charge on any atom is -0.393 e. The maximum absolute atomic E-state index is 9.34. The van der Waals surface area contributed by atoms with E-state index in [4.69, 9.17) is 0 Å². The summed E-state index contributed by atoms with van der Waals surface area (Å²) in [4.78, 5) is 0. The number of hydrogen-bond donors (Lipinski definition) is 1. The van der Waals surface area contributed by atoms with E-state index < -0.39 is 0 Å². The smallest absolute Gasteiger partial charge is 0.0512 e. The van der Waals surface area contributed by atoms with Crippen molar-refractivity contribution in [3.8, 4) is 0 Å². The van der Waals surface area contributed by atoms with Crippen LogP contribution in [-0.4, -0.2) is 11.2 Å². The molecule has 1 aliphatic carbocycles. The molecule has 0 aromatic carbocycles. The maximum Gasteiger partial charge on any atom is 0.0512 e. The lowest BCUT2D eigenvalue weighted by Crippen LogP contribution is -2.34. The number of rotatable bonds is 3. The highest BCUT2D eigenvalue weighted by Gasteiger charge is 2.36. The first kappa shape index (κ1) is 12.0. The molecule has 1 rings (SSSR count). The molecule has 1 N–H and O–H groups in total. The fourth-order valence-electron chi connectivity index (χ4n) is 3.13. The highest BCUT2D eigenvalue weighted by Crippen LogP contribution is 2.46. The normalized spacial score (nSPS) is 34.1. The van der Waals surface area contributed by atoms with E-state index >= 15 is 0 Å². The van der Waals surface area contributed by atoms with E-state index in [0.29, 0.717) is 5.41 Å². The Kier molecular flexibility index (Phi) is 4.00. The lowest BCUT2D eigenvalue weighted by Gasteiger charge is -2.43. The zero-order valence-corrected chi connectivity index (χ0v) is 10.2. The second kappa shape index (κ2) is 4.65. The van der Waals surface area contributed by atoms with Crippen LogP contribution in [0.25, 0.3) is 0 Å². The summed E-state index contributed by atoms with van der Waals surface area (Å²) >= 11 is 0. The standard InChI is InChI=1S/C13H26O/c1-10-6-5-9-13(3,4)12(10)8-7-11(2)14/h10-12,14H,5-9H2,1-4H3/t10-,11?,12-/m0/s1. The molecule has 14 heavy (non-hydrogen) atoms. The highest BCUT2D eigenvalue weighted by atomic mass is 16.3. The van der Waals surface area contributed by atoms with Crippen LogP contribution in [0.2, 0.25) is 0 Å². The van der Waals surface area contributed by atoms with Crippen LogP contribution < -0.4 is 0 Å². The molecule has 0 radical (unpaired) electrons. The van der Waals surface area contributed by atoms with Gasteiger partial charge in [-0.25, -0.2) is 0 Å². The van der Waals surface area contributed by atoms with E-state index in [0.717, 1.165) is 18.3 Å². The number of aliphatic hydroxyl groups is 1. The Balaban J connectivity index is 2.52. The molecule has 0 aromatic heterocycles. The number of hydrogen-bond acceptors (Lipinski definition) is 1. The van der Waals surface area contributed by atoms with Gasteiger partial charge in [-0.15, -0.1) is 0 Å². The minimum atomic E-state index is -0.125. The van der Waals surface area contributed by atoms with Crippen molar-refractivity contribution in [1.29, 1.82) is 0 Å². The van der Waals surface area contributed by atoms with Gasteiger partial charge in [-0.05, 0) is 43.4 Å². The SMILES string of the molecule is CC(O)CC[C@H]1[C@@H](C)CCCC1(C)C. The third-order valence-electron chi connectivity index (χ3n) is 4.07. The highest BCUT2D eigenvalue weighted by molar-refractivity contribution is 4.86. The average molecular weight is 198 g/mol. The Morgan fingerprint density at radius 3 is 2.57 bits per heavy atom. The fourth-order valence-corrected chi connectivity index (χ4v) is 3.13. The Morgan fingerprint density at radius 2 is 2.07 bits per heavy atom. The lowest BCUT2D eigenvalue weighted by molar-refractivity contribution is 0.0606. The van der Waals surface area contributed by atoms with Gasteiger partial charge in [0.2, 0.25) is 0 Å². The molecule has 1 heteroatoms. The van der Waals surface area contributed by atoms with Gasteiger partial charge >= 0.3 is 0 Å². The van der Waals surface area contributed by atoms with Crippen LogP contribution in [0.3, 0.4) is 0 Å². The average Bonchev–Trinajstić information content (AvgIpc) is 2.01. The van der Waals surface area contributed by atoms with E-state index in [-0.39, 0.29) is 6.10 Å². The van der Waals surface area contributed by atoms with E-state index in [1.165, 1.54) is 25.7 Å². The molecule has 1 aliphatic rings. The molecule has 0 amide bonds. The Labute approximate surface area is 88.9 Å². The first-order valence-corrected chi connectivity index (χ1v) is 6.11. The van der Waals surface area contributed by atoms with Gasteiger partial charge in [-0.2, -0.15) is 0 Å². The molecule has 3 atom stereocenters. The molecule has 1 nitrogen and oxygen atoms in total. The van der Waals surface area contributed by atoms with Crippen molar-refractivity contribution in [2.75, 3.05) is 0 Å². The molecule has 1 unspecified atom stereocenters. The lowest BCUT2D eigenvalue weighted by atomic mass is 9.62. The van der Waals surface area contributed by atoms with Gasteiger partial charge in [0.25, 0.3) is 0 Å². The van der Waals surface area contributed by atoms with Crippen LogP contribution in [0.5, 0.6) is 0 Å². The van der Waals surface area contributed by atoms with Crippen LogP contribution in [-0.2, 0) is 0 Å². The van der Waals surface area contributed by atoms with E-state index in [1.807, 2.05) is 6.92 Å². The molecule has 0 heterocycles. The van der Waals surface area contributed by atoms with Gasteiger partial charge in [0, 0.05) is 0 Å². The summed E-state index contributed by atoms with van der Waals surface area (Å²) < 4.78 is 0. The summed E-state index contributed by atoms with van der Waals surface area (Å²) in [6, 6.07) is 0. The van der Waals surface area contributed by atoms with Gasteiger partial charge in [0.05, 0.1) is 6.10 Å². The van der Waals surface area contributed by atoms with Gasteiger partial charge in [-0.3, -0.25) is 0 Å². The Morgan fingerprint density at radius 1 is 1.43 bits per heavy atom. The number of aliphatic hydroxyl groups excluding tert-OH is 1. The molecular formula is C13H26O. The summed E-state index contributed by atoms with van der Waals surface area (Å²) in [5.74, 6) is 1.66. The van der Waals surface area contributed by atoms with Crippen LogP contribution in [0.15, 0.2) is 0 Å². The zero-order valence-electron chi connectivity index (χ0n) is 10.2. The third-order valence-corrected chi connectivity index (χ3v) is 4.07. The van der Waals surface area contributed by atoms with Crippen molar-refractivity contribution in [2.24, 2.45) is 17.3 Å². The van der Waals surface area contributed by atoms with Gasteiger partial charge < -0.3 is 5.11 Å². The minimum absolute atomic E-state index is 0.125. The van der Waals surface area contributed by atoms with E-state index in [9.17, 15) is 5.11 Å². The quantitative estimate of drug-likeness (QED) is 0.734. The molecular weight excluding hydrogens is 172 g/mol. The fraction of sp³-hybridized carbons (Fsp3) is 1.00. The maximum atomic E-state index is 9.34. The predicted molar refractivity (Wildman–Crippen MR) is 61.2 cm³/mol. The Bertz CT molecular complexity index is 172. The Hall–Kier alpha value is -0.0400. The first-order chi connectivity index (χ1) is 6.43. The summed E-state index contributed by atoms with van der Waals surface area (Å²) in [6.45, 7) is 9.08. The van der Waals surface area contributed by atoms with Crippen LogP contribution >= 0.6 is 0 Å². The summed E-state index contributed by atoms with van der Waals surface area (Å²) in [6.07, 6.45) is 6.18. The first-order valence-electron chi connectivity index (χ1n) is 6.11. The molecule has 0 aliphatic heterocycles. The van der Waals surface area contributed by atoms with Crippen LogP contribution in [0, 0.1) is 17.3 Å². The summed E-state index contributed by atoms with van der Waals surface area (Å²) in [5, 5.41) is 9.34. The van der Waals surface area contributed by atoms with Crippen molar-refractivity contribution < 1.29 is 5.11 Å². The summed E-state index contributed by atoms with van der Waals surface area (Å²) in [7, 11) is 0. The van der Waals surface area contributed by atoms with E-state index in [2.05, 4.69) is 20.8 Å². The van der Waals surface area contributed by atoms with Gasteiger partial charge in [0.1, 0.15) is 0 Å². The van der Waals surface area contributed by atoms with Crippen LogP contribution in [0.1, 0.15) is 59.8 Å². The monoisotopic (exact) mass is 198 g/mol. The molecule has 0 aromatic rings. The molecule has 1 fully saturated rings. The van der Waals surface area contributed by atoms with Crippen molar-refractivity contribution in [2.45, 2.75) is 65.9 Å². The van der Waals surface area contributed by atoms with Crippen LogP contribution in [0.4, 0.5) is 0 Å². The third kappa shape index (κ3) is 2.98. The molecule has 0 bridgehead atoms. The largest absolute Gasteiger partial charge is 0.393 e. The zero-order chi connectivity index (χ0) is 10.8. The topological polar surface area (TPSA) is 20.2 Å². The van der Waals surface area contributed by atoms with Crippen molar-refractivity contribution in [3.05, 3.63) is 0 Å².